The van der Waals surface area contributed by atoms with E-state index in [0.717, 1.165) is 43.3 Å². The van der Waals surface area contributed by atoms with E-state index in [1.807, 2.05) is 25.2 Å². The van der Waals surface area contributed by atoms with E-state index >= 15 is 0 Å². The minimum Gasteiger partial charge on any atom is -0.361 e. The number of nitrogens with one attached hydrogen (secondary N) is 2. The number of rotatable bonds is 7. The van der Waals surface area contributed by atoms with E-state index in [9.17, 15) is 0 Å². The smallest absolute Gasteiger partial charge is 0.191 e. The fraction of sp³-hybridized carbons (Fsp3) is 0.529. The van der Waals surface area contributed by atoms with E-state index in [-0.39, 0.29) is 0 Å². The molecule has 0 spiro atoms. The fourth-order valence-electron chi connectivity index (χ4n) is 2.36. The molecule has 0 aliphatic heterocycles. The van der Waals surface area contributed by atoms with Gasteiger partial charge < -0.3 is 15.2 Å². The molecule has 0 saturated carbocycles. The summed E-state index contributed by atoms with van der Waals surface area (Å²) in [6, 6.07) is 4.35. The zero-order valence-electron chi connectivity index (χ0n) is 14.4. The summed E-state index contributed by atoms with van der Waals surface area (Å²) in [6.45, 7) is 10.6. The molecule has 0 aliphatic carbocycles. The highest BCUT2D eigenvalue weighted by Crippen LogP contribution is 2.17. The molecule has 2 aromatic rings. The lowest BCUT2D eigenvalue weighted by atomic mass is 10.1. The average molecular weight is 334 g/mol. The Morgan fingerprint density at radius 1 is 1.22 bits per heavy atom. The van der Waals surface area contributed by atoms with E-state index < -0.39 is 0 Å². The fourth-order valence-corrected chi connectivity index (χ4v) is 3.24. The van der Waals surface area contributed by atoms with E-state index in [1.54, 1.807) is 0 Å². The molecule has 2 rings (SSSR count). The van der Waals surface area contributed by atoms with Crippen LogP contribution in [0.5, 0.6) is 0 Å². The Bertz CT molecular complexity index is 625. The number of thiophene rings is 1. The van der Waals surface area contributed by atoms with Crippen molar-refractivity contribution in [1.82, 2.24) is 15.8 Å². The van der Waals surface area contributed by atoms with Gasteiger partial charge in [-0.15, -0.1) is 11.3 Å². The van der Waals surface area contributed by atoms with Crippen molar-refractivity contribution in [1.29, 1.82) is 0 Å². The maximum Gasteiger partial charge on any atom is 0.191 e. The van der Waals surface area contributed by atoms with Crippen molar-refractivity contribution in [2.45, 2.75) is 47.1 Å². The second-order valence-electron chi connectivity index (χ2n) is 5.40. The molecule has 0 unspecified atom stereocenters. The normalized spacial score (nSPS) is 11.7. The third-order valence-electron chi connectivity index (χ3n) is 3.65. The van der Waals surface area contributed by atoms with Gasteiger partial charge in [0.25, 0.3) is 0 Å². The predicted molar refractivity (Wildman–Crippen MR) is 96.2 cm³/mol. The van der Waals surface area contributed by atoms with Crippen LogP contribution in [0.3, 0.4) is 0 Å². The van der Waals surface area contributed by atoms with Crippen molar-refractivity contribution >= 4 is 17.3 Å². The molecule has 0 saturated heterocycles. The molecule has 0 atom stereocenters. The highest BCUT2D eigenvalue weighted by Gasteiger charge is 2.08. The van der Waals surface area contributed by atoms with E-state index in [4.69, 9.17) is 4.52 Å². The second kappa shape index (κ2) is 8.72. The Morgan fingerprint density at radius 3 is 2.61 bits per heavy atom. The molecule has 6 heteroatoms. The molecule has 0 aliphatic rings. The van der Waals surface area contributed by atoms with Crippen LogP contribution in [-0.2, 0) is 19.4 Å². The minimum atomic E-state index is 0.714. The number of aliphatic imine (C=N–C) groups is 1. The van der Waals surface area contributed by atoms with Crippen LogP contribution in [0.25, 0.3) is 0 Å². The largest absolute Gasteiger partial charge is 0.361 e. The van der Waals surface area contributed by atoms with Crippen molar-refractivity contribution in [2.75, 3.05) is 13.1 Å². The number of hydrogen-bond acceptors (Lipinski definition) is 4. The van der Waals surface area contributed by atoms with Crippen LogP contribution in [0.15, 0.2) is 21.6 Å². The first-order valence-electron chi connectivity index (χ1n) is 8.15. The van der Waals surface area contributed by atoms with Crippen LogP contribution in [0.2, 0.25) is 0 Å². The third kappa shape index (κ3) is 5.10. The molecule has 2 N–H and O–H groups in total. The lowest BCUT2D eigenvalue weighted by Crippen LogP contribution is -2.38. The lowest BCUT2D eigenvalue weighted by Gasteiger charge is -2.10. The highest BCUT2D eigenvalue weighted by atomic mass is 32.1. The van der Waals surface area contributed by atoms with Crippen molar-refractivity contribution in [3.8, 4) is 0 Å². The predicted octanol–water partition coefficient (Wildman–Crippen LogP) is 3.21. The highest BCUT2D eigenvalue weighted by molar-refractivity contribution is 7.11. The summed E-state index contributed by atoms with van der Waals surface area (Å²) in [5.74, 6) is 1.75. The molecule has 2 aromatic heterocycles. The quantitative estimate of drug-likeness (QED) is 0.603. The Balaban J connectivity index is 1.88. The van der Waals surface area contributed by atoms with Gasteiger partial charge in [0.05, 0.1) is 12.2 Å². The summed E-state index contributed by atoms with van der Waals surface area (Å²) in [7, 11) is 0. The first-order chi connectivity index (χ1) is 11.1. The topological polar surface area (TPSA) is 62.5 Å². The van der Waals surface area contributed by atoms with Crippen molar-refractivity contribution in [3.05, 3.63) is 38.9 Å². The van der Waals surface area contributed by atoms with Crippen LogP contribution in [0.4, 0.5) is 0 Å². The number of aryl methyl sites for hydroxylation is 3. The average Bonchev–Trinajstić information content (AvgIpc) is 3.13. The Morgan fingerprint density at radius 2 is 2.00 bits per heavy atom. The molecule has 0 amide bonds. The van der Waals surface area contributed by atoms with E-state index in [1.165, 1.54) is 15.3 Å². The van der Waals surface area contributed by atoms with Gasteiger partial charge in [-0.3, -0.25) is 0 Å². The van der Waals surface area contributed by atoms with Gasteiger partial charge in [-0.2, -0.15) is 0 Å². The van der Waals surface area contributed by atoms with E-state index in [2.05, 4.69) is 46.8 Å². The minimum absolute atomic E-state index is 0.714. The summed E-state index contributed by atoms with van der Waals surface area (Å²) in [6.07, 6.45) is 1.97. The van der Waals surface area contributed by atoms with Gasteiger partial charge in [-0.25, -0.2) is 4.99 Å². The first kappa shape index (κ1) is 17.5. The molecule has 2 heterocycles. The van der Waals surface area contributed by atoms with Gasteiger partial charge in [-0.05, 0) is 45.7 Å². The zero-order valence-corrected chi connectivity index (χ0v) is 15.2. The van der Waals surface area contributed by atoms with Gasteiger partial charge in [0.15, 0.2) is 5.96 Å². The van der Waals surface area contributed by atoms with Gasteiger partial charge >= 0.3 is 0 Å². The van der Waals surface area contributed by atoms with Crippen molar-refractivity contribution in [2.24, 2.45) is 4.99 Å². The lowest BCUT2D eigenvalue weighted by molar-refractivity contribution is 0.392. The summed E-state index contributed by atoms with van der Waals surface area (Å²) in [4.78, 5) is 7.37. The molecule has 0 bridgehead atoms. The first-order valence-corrected chi connectivity index (χ1v) is 8.97. The standard InChI is InChI=1S/C17H26N4OS/c1-5-14-7-8-15(23-14)11-20-17(18-6-2)19-10-9-16-12(3)21-22-13(16)4/h7-8H,5-6,9-11H2,1-4H3,(H2,18,19,20). The number of guanidine groups is 1. The monoisotopic (exact) mass is 334 g/mol. The molecule has 0 fully saturated rings. The number of aromatic nitrogens is 1. The maximum absolute atomic E-state index is 5.20. The van der Waals surface area contributed by atoms with Crippen LogP contribution < -0.4 is 10.6 Å². The Labute approximate surface area is 142 Å². The SMILES string of the molecule is CCNC(=NCc1ccc(CC)s1)NCCc1c(C)noc1C. The maximum atomic E-state index is 5.20. The molecule has 23 heavy (non-hydrogen) atoms. The van der Waals surface area contributed by atoms with Crippen LogP contribution in [0.1, 0.15) is 40.6 Å². The summed E-state index contributed by atoms with van der Waals surface area (Å²) < 4.78 is 5.20. The molecular weight excluding hydrogens is 308 g/mol. The number of hydrogen-bond donors (Lipinski definition) is 2. The van der Waals surface area contributed by atoms with Crippen LogP contribution in [0, 0.1) is 13.8 Å². The molecule has 5 nitrogen and oxygen atoms in total. The van der Waals surface area contributed by atoms with Crippen molar-refractivity contribution in [3.63, 3.8) is 0 Å². The second-order valence-corrected chi connectivity index (χ2v) is 6.65. The van der Waals surface area contributed by atoms with Gasteiger partial charge in [-0.1, -0.05) is 12.1 Å². The third-order valence-corrected chi connectivity index (χ3v) is 4.87. The summed E-state index contributed by atoms with van der Waals surface area (Å²) in [5.41, 5.74) is 2.15. The molecular formula is C17H26N4OS. The molecule has 0 radical (unpaired) electrons. The van der Waals surface area contributed by atoms with Gasteiger partial charge in [0.2, 0.25) is 0 Å². The van der Waals surface area contributed by atoms with Gasteiger partial charge in [0.1, 0.15) is 5.76 Å². The Kier molecular flexibility index (Phi) is 6.65. The van der Waals surface area contributed by atoms with E-state index in [0.29, 0.717) is 6.54 Å². The summed E-state index contributed by atoms with van der Waals surface area (Å²) in [5, 5.41) is 10.7. The summed E-state index contributed by atoms with van der Waals surface area (Å²) >= 11 is 1.84. The number of nitrogens with zero attached hydrogens (tertiary/aromatic N) is 2. The van der Waals surface area contributed by atoms with Crippen LogP contribution in [-0.4, -0.2) is 24.2 Å². The van der Waals surface area contributed by atoms with Crippen LogP contribution >= 0.6 is 11.3 Å². The van der Waals surface area contributed by atoms with Gasteiger partial charge in [0, 0.05) is 28.4 Å². The zero-order chi connectivity index (χ0) is 16.7. The van der Waals surface area contributed by atoms with Crippen molar-refractivity contribution < 1.29 is 4.52 Å². The molecule has 0 aromatic carbocycles. The Hall–Kier alpha value is -1.82. The molecule has 126 valence electrons.